The quantitative estimate of drug-likeness (QED) is 0.263. The van der Waals surface area contributed by atoms with E-state index in [0.717, 1.165) is 0 Å². The highest BCUT2D eigenvalue weighted by atomic mass is 35.6. The summed E-state index contributed by atoms with van der Waals surface area (Å²) in [6, 6.07) is 0. The van der Waals surface area contributed by atoms with E-state index in [2.05, 4.69) is 11.6 Å². The van der Waals surface area contributed by atoms with Gasteiger partial charge in [-0.25, -0.2) is 0 Å². The van der Waals surface area contributed by atoms with Crippen molar-refractivity contribution in [3.8, 4) is 0 Å². The fourth-order valence-electron chi connectivity index (χ4n) is 0. The van der Waals surface area contributed by atoms with Gasteiger partial charge in [0.25, 0.3) is 0 Å². The van der Waals surface area contributed by atoms with E-state index >= 15 is 0 Å². The predicted octanol–water partition coefficient (Wildman–Crippen LogP) is 1.21. The zero-order valence-corrected chi connectivity index (χ0v) is 6.39. The Labute approximate surface area is 45.0 Å². The van der Waals surface area contributed by atoms with Crippen molar-refractivity contribution in [2.24, 2.45) is 0 Å². The lowest BCUT2D eigenvalue weighted by atomic mass is 11.9. The Kier molecular flexibility index (Phi) is 39.6. The number of alkyl halides is 1. The molecule has 0 atom stereocenters. The number of hydrogen-bond donors (Lipinski definition) is 0. The van der Waals surface area contributed by atoms with Gasteiger partial charge in [-0.05, 0) is 0 Å². The van der Waals surface area contributed by atoms with Crippen LogP contribution in [0.3, 0.4) is 0 Å². The Bertz CT molecular complexity index is 7.61. The van der Waals surface area contributed by atoms with Gasteiger partial charge < -0.3 is 0 Å². The van der Waals surface area contributed by atoms with Gasteiger partial charge in [-0.3, -0.25) is 0 Å². The average Bonchev–Trinajstić information content (AvgIpc) is 1.46. The zero-order chi connectivity index (χ0) is 4.71. The van der Waals surface area contributed by atoms with Crippen molar-refractivity contribution in [3.63, 3.8) is 0 Å². The molecule has 0 heterocycles. The SMILES string of the molecule is CCl.C[SiH2]Cl. The largest absolute Gasteiger partial charge is 0.176 e. The first kappa shape index (κ1) is 9.25. The van der Waals surface area contributed by atoms with Crippen molar-refractivity contribution in [2.75, 3.05) is 6.38 Å². The van der Waals surface area contributed by atoms with Crippen LogP contribution in [-0.4, -0.2) is 15.2 Å². The minimum atomic E-state index is -0.111. The highest BCUT2D eigenvalue weighted by molar-refractivity contribution is 6.92. The molecule has 34 valence electrons. The summed E-state index contributed by atoms with van der Waals surface area (Å²) in [7, 11) is -0.111. The van der Waals surface area contributed by atoms with Gasteiger partial charge in [-0.1, -0.05) is 6.55 Å². The maximum atomic E-state index is 5.14. The molecule has 0 saturated heterocycles. The molecule has 0 spiro atoms. The highest BCUT2D eigenvalue weighted by Gasteiger charge is 1.42. The smallest absolute Gasteiger partial charge is 0.122 e. The molecule has 0 aliphatic heterocycles. The molecule has 0 bridgehead atoms. The average molecular weight is 131 g/mol. The first-order valence-corrected chi connectivity index (χ1v) is 5.66. The number of halogens is 2. The second-order valence-electron chi connectivity index (χ2n) is 0.267. The summed E-state index contributed by atoms with van der Waals surface area (Å²) in [5, 5.41) is 0. The van der Waals surface area contributed by atoms with Crippen molar-refractivity contribution in [1.29, 1.82) is 0 Å². The second kappa shape index (κ2) is 21.4. The van der Waals surface area contributed by atoms with Gasteiger partial charge in [-0.2, -0.15) is 11.1 Å². The van der Waals surface area contributed by atoms with Crippen molar-refractivity contribution in [1.82, 2.24) is 0 Å². The summed E-state index contributed by atoms with van der Waals surface area (Å²) >= 11 is 9.78. The summed E-state index contributed by atoms with van der Waals surface area (Å²) in [5.74, 6) is 0. The second-order valence-corrected chi connectivity index (χ2v) is 2.41. The Morgan fingerprint density at radius 3 is 1.40 bits per heavy atom. The molecule has 0 rings (SSSR count). The Balaban J connectivity index is 0. The lowest BCUT2D eigenvalue weighted by Crippen LogP contribution is -1.45. The third-order valence-electron chi connectivity index (χ3n) is 0. The summed E-state index contributed by atoms with van der Waals surface area (Å²) in [4.78, 5) is 0. The van der Waals surface area contributed by atoms with Gasteiger partial charge in [-0.15, -0.1) is 11.6 Å². The van der Waals surface area contributed by atoms with Crippen LogP contribution >= 0.6 is 22.7 Å². The summed E-state index contributed by atoms with van der Waals surface area (Å²) < 4.78 is 0. The predicted molar refractivity (Wildman–Crippen MR) is 32.0 cm³/mol. The van der Waals surface area contributed by atoms with Gasteiger partial charge >= 0.3 is 0 Å². The maximum Gasteiger partial charge on any atom is 0.122 e. The molecule has 0 fully saturated rings. The molecule has 0 amide bonds. The standard InChI is InChI=1S/CH5ClSi.CH3Cl/c1-3-2;1-2/h3H2,1H3;1H3. The van der Waals surface area contributed by atoms with Crippen LogP contribution in [-0.2, 0) is 0 Å². The molecule has 0 aromatic carbocycles. The van der Waals surface area contributed by atoms with Gasteiger partial charge in [0, 0.05) is 6.38 Å². The first-order chi connectivity index (χ1) is 2.41. The summed E-state index contributed by atoms with van der Waals surface area (Å²) in [6.45, 7) is 2.03. The van der Waals surface area contributed by atoms with Crippen LogP contribution in [0.5, 0.6) is 0 Å². The third kappa shape index (κ3) is 59.1. The molecule has 0 radical (unpaired) electrons. The van der Waals surface area contributed by atoms with Crippen molar-refractivity contribution in [3.05, 3.63) is 0 Å². The van der Waals surface area contributed by atoms with E-state index in [1.807, 2.05) is 6.55 Å². The van der Waals surface area contributed by atoms with Gasteiger partial charge in [0.1, 0.15) is 8.83 Å². The normalized spacial score (nSPS) is 7.20. The van der Waals surface area contributed by atoms with E-state index < -0.39 is 0 Å². The van der Waals surface area contributed by atoms with Crippen LogP contribution in [0, 0.1) is 0 Å². The molecule has 0 N–H and O–H groups in total. The Morgan fingerprint density at radius 2 is 1.40 bits per heavy atom. The molecule has 0 saturated carbocycles. The molecular formula is C2H8Cl2Si. The van der Waals surface area contributed by atoms with E-state index in [9.17, 15) is 0 Å². The monoisotopic (exact) mass is 130 g/mol. The molecule has 0 aliphatic rings. The van der Waals surface area contributed by atoms with Crippen LogP contribution in [0.4, 0.5) is 0 Å². The van der Waals surface area contributed by atoms with Crippen LogP contribution in [0.1, 0.15) is 0 Å². The zero-order valence-electron chi connectivity index (χ0n) is 3.46. The van der Waals surface area contributed by atoms with Crippen LogP contribution in [0.25, 0.3) is 0 Å². The molecule has 0 aromatic heterocycles. The van der Waals surface area contributed by atoms with Crippen molar-refractivity contribution >= 4 is 31.5 Å². The van der Waals surface area contributed by atoms with Gasteiger partial charge in [0.2, 0.25) is 0 Å². The van der Waals surface area contributed by atoms with E-state index in [1.165, 1.54) is 6.38 Å². The van der Waals surface area contributed by atoms with E-state index in [1.54, 1.807) is 0 Å². The van der Waals surface area contributed by atoms with Crippen LogP contribution < -0.4 is 0 Å². The molecule has 5 heavy (non-hydrogen) atoms. The maximum absolute atomic E-state index is 5.14. The number of hydrogen-bond acceptors (Lipinski definition) is 0. The molecule has 3 heteroatoms. The molecule has 0 unspecified atom stereocenters. The minimum absolute atomic E-state index is 0.111. The summed E-state index contributed by atoms with van der Waals surface area (Å²) in [6.07, 6.45) is 1.47. The van der Waals surface area contributed by atoms with Crippen molar-refractivity contribution < 1.29 is 0 Å². The molecule has 0 nitrogen and oxygen atoms in total. The Hall–Kier alpha value is 0.797. The molecule has 0 aromatic rings. The van der Waals surface area contributed by atoms with E-state index in [-0.39, 0.29) is 8.83 Å². The third-order valence-corrected chi connectivity index (χ3v) is 0. The number of rotatable bonds is 0. The van der Waals surface area contributed by atoms with E-state index in [4.69, 9.17) is 11.1 Å². The van der Waals surface area contributed by atoms with Gasteiger partial charge in [0.05, 0.1) is 0 Å². The minimum Gasteiger partial charge on any atom is -0.176 e. The summed E-state index contributed by atoms with van der Waals surface area (Å²) in [5.41, 5.74) is 0. The molecular weight excluding hydrogens is 123 g/mol. The Morgan fingerprint density at radius 1 is 1.40 bits per heavy atom. The first-order valence-electron chi connectivity index (χ1n) is 1.35. The lowest BCUT2D eigenvalue weighted by molar-refractivity contribution is 2.37. The lowest BCUT2D eigenvalue weighted by Gasteiger charge is -1.42. The highest BCUT2D eigenvalue weighted by Crippen LogP contribution is 1.54. The molecule has 0 aliphatic carbocycles. The fraction of sp³-hybridized carbons (Fsp3) is 1.00. The van der Waals surface area contributed by atoms with Gasteiger partial charge in [0.15, 0.2) is 0 Å². The van der Waals surface area contributed by atoms with Crippen LogP contribution in [0.15, 0.2) is 0 Å². The fourth-order valence-corrected chi connectivity index (χ4v) is 0. The van der Waals surface area contributed by atoms with E-state index in [0.29, 0.717) is 0 Å². The van der Waals surface area contributed by atoms with Crippen molar-refractivity contribution in [2.45, 2.75) is 6.55 Å². The topological polar surface area (TPSA) is 0 Å². The van der Waals surface area contributed by atoms with Crippen LogP contribution in [0.2, 0.25) is 6.55 Å².